The molecule has 0 radical (unpaired) electrons. The molecule has 0 amide bonds. The van der Waals surface area contributed by atoms with Crippen molar-refractivity contribution in [3.05, 3.63) is 30.5 Å². The summed E-state index contributed by atoms with van der Waals surface area (Å²) in [5, 5.41) is 0.605. The quantitative estimate of drug-likeness (QED) is 0.874. The number of halogens is 3. The molecule has 0 bridgehead atoms. The van der Waals surface area contributed by atoms with E-state index >= 15 is 0 Å². The first-order valence-electron chi connectivity index (χ1n) is 4.82. The van der Waals surface area contributed by atoms with Crippen molar-refractivity contribution in [3.63, 3.8) is 0 Å². The summed E-state index contributed by atoms with van der Waals surface area (Å²) in [6, 6.07) is 5.66. The van der Waals surface area contributed by atoms with Crippen LogP contribution in [0.15, 0.2) is 30.5 Å². The molecule has 1 heterocycles. The minimum atomic E-state index is -4.43. The highest BCUT2D eigenvalue weighted by molar-refractivity contribution is 7.71. The van der Waals surface area contributed by atoms with Crippen LogP contribution >= 0.6 is 0 Å². The van der Waals surface area contributed by atoms with Gasteiger partial charge in [0.2, 0.25) is 10.9 Å². The highest BCUT2D eigenvalue weighted by Crippen LogP contribution is 2.24. The Hall–Kier alpha value is -1.70. The molecule has 0 saturated heterocycles. The van der Waals surface area contributed by atoms with Crippen molar-refractivity contribution in [3.8, 4) is 5.75 Å². The van der Waals surface area contributed by atoms with Gasteiger partial charge < -0.3 is 4.74 Å². The summed E-state index contributed by atoms with van der Waals surface area (Å²) in [6.07, 6.45) is -3.11. The van der Waals surface area contributed by atoms with Gasteiger partial charge in [0.1, 0.15) is 5.75 Å². The highest BCUT2D eigenvalue weighted by Gasteiger charge is 2.28. The molecule has 0 aliphatic heterocycles. The molecule has 0 aliphatic rings. The average Bonchev–Trinajstić information content (AvgIpc) is 2.68. The Morgan fingerprint density at radius 1 is 1.22 bits per heavy atom. The Labute approximate surface area is 102 Å². The monoisotopic (exact) mass is 279 g/mol. The predicted octanol–water partition coefficient (Wildman–Crippen LogP) is 1.96. The van der Waals surface area contributed by atoms with Crippen LogP contribution < -0.4 is 4.74 Å². The molecule has 2 rings (SSSR count). The first kappa shape index (κ1) is 12.7. The zero-order chi connectivity index (χ0) is 13.3. The Bertz CT molecular complexity index is 637. The normalized spacial score (nSPS) is 12.2. The SMILES string of the molecule is O=[SH](=O)n1ccc2ccc(OCC(F)(F)F)cc21. The van der Waals surface area contributed by atoms with Gasteiger partial charge in [0.05, 0.1) is 5.52 Å². The molecular weight excluding hydrogens is 271 g/mol. The fourth-order valence-electron chi connectivity index (χ4n) is 1.49. The molecule has 2 aromatic rings. The predicted molar refractivity (Wildman–Crippen MR) is 59.2 cm³/mol. The van der Waals surface area contributed by atoms with Gasteiger partial charge in [-0.3, -0.25) is 0 Å². The van der Waals surface area contributed by atoms with Crippen molar-refractivity contribution in [2.75, 3.05) is 6.61 Å². The van der Waals surface area contributed by atoms with Crippen molar-refractivity contribution in [1.29, 1.82) is 0 Å². The van der Waals surface area contributed by atoms with E-state index in [4.69, 9.17) is 0 Å². The van der Waals surface area contributed by atoms with Crippen LogP contribution in [0.4, 0.5) is 13.2 Å². The van der Waals surface area contributed by atoms with E-state index in [0.717, 1.165) is 3.97 Å². The van der Waals surface area contributed by atoms with Gasteiger partial charge in [-0.1, -0.05) is 0 Å². The number of hydrogen-bond acceptors (Lipinski definition) is 3. The van der Waals surface area contributed by atoms with Gasteiger partial charge in [-0.25, -0.2) is 12.4 Å². The van der Waals surface area contributed by atoms with Crippen molar-refractivity contribution < 1.29 is 26.3 Å². The second kappa shape index (κ2) is 4.52. The fraction of sp³-hybridized carbons (Fsp3) is 0.200. The van der Waals surface area contributed by atoms with Gasteiger partial charge in [0, 0.05) is 17.6 Å². The van der Waals surface area contributed by atoms with Crippen LogP contribution in [0.25, 0.3) is 10.9 Å². The van der Waals surface area contributed by atoms with E-state index in [2.05, 4.69) is 4.74 Å². The number of aromatic nitrogens is 1. The summed E-state index contributed by atoms with van der Waals surface area (Å²) in [5.41, 5.74) is 0.283. The van der Waals surface area contributed by atoms with Crippen LogP contribution in [-0.2, 0) is 10.9 Å². The summed E-state index contributed by atoms with van der Waals surface area (Å²) < 4.78 is 63.2. The first-order chi connectivity index (χ1) is 8.37. The molecule has 18 heavy (non-hydrogen) atoms. The second-order valence-corrected chi connectivity index (χ2v) is 4.43. The van der Waals surface area contributed by atoms with Crippen molar-refractivity contribution >= 4 is 21.8 Å². The van der Waals surface area contributed by atoms with E-state index in [1.54, 1.807) is 6.07 Å². The van der Waals surface area contributed by atoms with E-state index in [1.165, 1.54) is 24.4 Å². The lowest BCUT2D eigenvalue weighted by Crippen LogP contribution is -2.19. The third kappa shape index (κ3) is 2.76. The van der Waals surface area contributed by atoms with E-state index in [1.807, 2.05) is 0 Å². The number of fused-ring (bicyclic) bond motifs is 1. The molecule has 0 unspecified atom stereocenters. The smallest absolute Gasteiger partial charge is 0.422 e. The summed E-state index contributed by atoms with van der Waals surface area (Å²) in [5.74, 6) is -0.0309. The summed E-state index contributed by atoms with van der Waals surface area (Å²) in [4.78, 5) is 0. The van der Waals surface area contributed by atoms with Crippen LogP contribution in [0, 0.1) is 0 Å². The number of ether oxygens (including phenoxy) is 1. The zero-order valence-corrected chi connectivity index (χ0v) is 9.74. The van der Waals surface area contributed by atoms with Crippen molar-refractivity contribution in [2.45, 2.75) is 6.18 Å². The van der Waals surface area contributed by atoms with Crippen LogP contribution in [0.5, 0.6) is 5.75 Å². The summed E-state index contributed by atoms with van der Waals surface area (Å²) in [7, 11) is -2.86. The molecule has 0 atom stereocenters. The molecule has 1 aromatic heterocycles. The highest BCUT2D eigenvalue weighted by atomic mass is 32.2. The fourth-order valence-corrected chi connectivity index (χ4v) is 2.02. The number of nitrogens with zero attached hydrogens (tertiary/aromatic N) is 1. The second-order valence-electron chi connectivity index (χ2n) is 3.52. The van der Waals surface area contributed by atoms with Crippen molar-refractivity contribution in [1.82, 2.24) is 3.97 Å². The third-order valence-corrected chi connectivity index (χ3v) is 2.92. The zero-order valence-electron chi connectivity index (χ0n) is 8.85. The lowest BCUT2D eigenvalue weighted by Gasteiger charge is -2.09. The van der Waals surface area contributed by atoms with Gasteiger partial charge >= 0.3 is 6.18 Å². The molecule has 4 nitrogen and oxygen atoms in total. The largest absolute Gasteiger partial charge is 0.484 e. The maximum absolute atomic E-state index is 12.0. The van der Waals surface area contributed by atoms with Gasteiger partial charge in [-0.05, 0) is 18.2 Å². The maximum atomic E-state index is 12.0. The molecule has 0 N–H and O–H groups in total. The molecule has 98 valence electrons. The number of rotatable bonds is 3. The first-order valence-corrected chi connectivity index (χ1v) is 5.95. The van der Waals surface area contributed by atoms with Crippen LogP contribution in [0.2, 0.25) is 0 Å². The molecule has 8 heteroatoms. The molecule has 0 spiro atoms. The molecule has 1 aromatic carbocycles. The number of benzene rings is 1. The maximum Gasteiger partial charge on any atom is 0.422 e. The number of alkyl halides is 3. The van der Waals surface area contributed by atoms with Gasteiger partial charge in [0.15, 0.2) is 6.61 Å². The Morgan fingerprint density at radius 3 is 2.56 bits per heavy atom. The van der Waals surface area contributed by atoms with E-state index < -0.39 is 23.7 Å². The number of hydrogen-bond donors (Lipinski definition) is 1. The van der Waals surface area contributed by atoms with E-state index in [0.29, 0.717) is 5.39 Å². The van der Waals surface area contributed by atoms with E-state index in [9.17, 15) is 21.6 Å². The topological polar surface area (TPSA) is 48.3 Å². The Balaban J connectivity index is 2.34. The molecule has 0 aliphatic carbocycles. The molecular formula is C10H8F3NO3S. The molecule has 0 fully saturated rings. The van der Waals surface area contributed by atoms with Crippen LogP contribution in [-0.4, -0.2) is 25.2 Å². The number of thiol groups is 1. The summed E-state index contributed by atoms with van der Waals surface area (Å²) in [6.45, 7) is -1.41. The van der Waals surface area contributed by atoms with Gasteiger partial charge in [-0.15, -0.1) is 0 Å². The standard InChI is InChI=1S/C10H8F3NO3S/c11-10(12,13)6-17-8-2-1-7-3-4-14(18(15)16)9(7)5-8/h1-5,18H,6H2. The lowest BCUT2D eigenvalue weighted by molar-refractivity contribution is -0.153. The summed E-state index contributed by atoms with van der Waals surface area (Å²) >= 11 is 0. The van der Waals surface area contributed by atoms with E-state index in [-0.39, 0.29) is 11.3 Å². The third-order valence-electron chi connectivity index (χ3n) is 2.22. The Morgan fingerprint density at radius 2 is 1.94 bits per heavy atom. The van der Waals surface area contributed by atoms with Crippen LogP contribution in [0.1, 0.15) is 0 Å². The average molecular weight is 279 g/mol. The molecule has 0 saturated carbocycles. The lowest BCUT2D eigenvalue weighted by atomic mass is 10.2. The van der Waals surface area contributed by atoms with Gasteiger partial charge in [0.25, 0.3) is 0 Å². The van der Waals surface area contributed by atoms with Gasteiger partial charge in [-0.2, -0.15) is 13.2 Å². The van der Waals surface area contributed by atoms with Crippen molar-refractivity contribution in [2.24, 2.45) is 0 Å². The minimum Gasteiger partial charge on any atom is -0.484 e. The Kier molecular flexibility index (Phi) is 3.20. The minimum absolute atomic E-state index is 0.0309. The van der Waals surface area contributed by atoms with Crippen LogP contribution in [0.3, 0.4) is 0 Å².